The minimum Gasteiger partial charge on any atom is -0.441 e. The second kappa shape index (κ2) is 8.26. The van der Waals surface area contributed by atoms with Gasteiger partial charge in [0.05, 0.1) is 12.2 Å². The van der Waals surface area contributed by atoms with Gasteiger partial charge in [0.25, 0.3) is 0 Å². The number of hydrogen-bond donors (Lipinski definition) is 1. The highest BCUT2D eigenvalue weighted by Crippen LogP contribution is 2.41. The van der Waals surface area contributed by atoms with Crippen molar-refractivity contribution < 1.29 is 8.84 Å². The molecule has 0 atom stereocenters. The van der Waals surface area contributed by atoms with Gasteiger partial charge in [0, 0.05) is 48.1 Å². The monoisotopic (exact) mass is 460 g/mol. The van der Waals surface area contributed by atoms with Crippen molar-refractivity contribution in [2.45, 2.75) is 76.7 Å². The molecule has 1 saturated carbocycles. The molecule has 1 N–H and O–H groups in total. The average molecular weight is 461 g/mol. The predicted molar refractivity (Wildman–Crippen MR) is 129 cm³/mol. The van der Waals surface area contributed by atoms with Gasteiger partial charge in [-0.25, -0.2) is 4.98 Å². The molecule has 3 aromatic rings. The molecule has 3 heterocycles. The van der Waals surface area contributed by atoms with Crippen LogP contribution in [0.2, 0.25) is 23.4 Å². The first kappa shape index (κ1) is 22.4. The Kier molecular flexibility index (Phi) is 5.96. The third kappa shape index (κ3) is 4.41. The number of nitrogens with one attached hydrogen (secondary N) is 1. The molecule has 1 aliphatic carbocycles. The van der Waals surface area contributed by atoms with Crippen molar-refractivity contribution in [2.75, 3.05) is 12.4 Å². The lowest BCUT2D eigenvalue weighted by atomic mass is 9.93. The van der Waals surface area contributed by atoms with Crippen molar-refractivity contribution in [3.63, 3.8) is 0 Å². The SMILES string of the molecule is CNc1ncc(-c2cnn([C@H]3CC[C@H](O[Si](C)(C)C(C)(C)C)CC3)c2)c2cc(Cl)oc12. The quantitative estimate of drug-likeness (QED) is 0.420. The second-order valence-corrected chi connectivity index (χ2v) is 15.2. The van der Waals surface area contributed by atoms with E-state index in [1.807, 2.05) is 25.5 Å². The maximum absolute atomic E-state index is 6.65. The van der Waals surface area contributed by atoms with E-state index < -0.39 is 8.32 Å². The highest BCUT2D eigenvalue weighted by Gasteiger charge is 2.40. The lowest BCUT2D eigenvalue weighted by Crippen LogP contribution is -2.44. The van der Waals surface area contributed by atoms with Crippen molar-refractivity contribution in [2.24, 2.45) is 0 Å². The zero-order valence-corrected chi connectivity index (χ0v) is 21.1. The number of rotatable bonds is 5. The molecule has 1 aliphatic rings. The molecule has 1 fully saturated rings. The Balaban J connectivity index is 1.48. The van der Waals surface area contributed by atoms with Crippen molar-refractivity contribution in [1.82, 2.24) is 14.8 Å². The van der Waals surface area contributed by atoms with Gasteiger partial charge in [-0.05, 0) is 55.4 Å². The van der Waals surface area contributed by atoms with Crippen molar-refractivity contribution >= 4 is 36.7 Å². The Labute approximate surface area is 190 Å². The van der Waals surface area contributed by atoms with E-state index in [-0.39, 0.29) is 5.04 Å². The first-order chi connectivity index (χ1) is 14.6. The van der Waals surface area contributed by atoms with Crippen molar-refractivity contribution in [3.05, 3.63) is 29.9 Å². The largest absolute Gasteiger partial charge is 0.441 e. The van der Waals surface area contributed by atoms with Gasteiger partial charge in [-0.2, -0.15) is 5.10 Å². The lowest BCUT2D eigenvalue weighted by molar-refractivity contribution is 0.115. The number of anilines is 1. The summed E-state index contributed by atoms with van der Waals surface area (Å²) < 4.78 is 14.4. The van der Waals surface area contributed by atoms with Crippen LogP contribution in [0, 0.1) is 0 Å². The summed E-state index contributed by atoms with van der Waals surface area (Å²) in [7, 11) is 0.101. The van der Waals surface area contributed by atoms with Crippen LogP contribution in [-0.2, 0) is 4.43 Å². The number of halogens is 1. The van der Waals surface area contributed by atoms with E-state index in [1.54, 1.807) is 0 Å². The van der Waals surface area contributed by atoms with Crippen LogP contribution >= 0.6 is 11.6 Å². The van der Waals surface area contributed by atoms with Gasteiger partial charge < -0.3 is 14.2 Å². The van der Waals surface area contributed by atoms with Gasteiger partial charge in [-0.1, -0.05) is 20.8 Å². The maximum atomic E-state index is 6.65. The van der Waals surface area contributed by atoms with Crippen LogP contribution in [0.15, 0.2) is 29.1 Å². The Hall–Kier alpha value is -1.83. The zero-order chi connectivity index (χ0) is 22.4. The summed E-state index contributed by atoms with van der Waals surface area (Å²) in [4.78, 5) is 4.49. The second-order valence-electron chi connectivity index (χ2n) is 10.1. The Morgan fingerprint density at radius 1 is 1.19 bits per heavy atom. The van der Waals surface area contributed by atoms with Gasteiger partial charge in [0.2, 0.25) is 0 Å². The van der Waals surface area contributed by atoms with Crippen LogP contribution < -0.4 is 5.32 Å². The molecule has 0 amide bonds. The topological polar surface area (TPSA) is 65.1 Å². The van der Waals surface area contributed by atoms with E-state index >= 15 is 0 Å². The fraction of sp³-hybridized carbons (Fsp3) is 0.565. The fourth-order valence-electron chi connectivity index (χ4n) is 4.10. The molecule has 31 heavy (non-hydrogen) atoms. The van der Waals surface area contributed by atoms with Crippen LogP contribution in [0.1, 0.15) is 52.5 Å². The van der Waals surface area contributed by atoms with E-state index in [9.17, 15) is 0 Å². The van der Waals surface area contributed by atoms with E-state index in [0.29, 0.717) is 28.8 Å². The Bertz CT molecular complexity index is 1060. The third-order valence-electron chi connectivity index (χ3n) is 6.96. The zero-order valence-electron chi connectivity index (χ0n) is 19.3. The summed E-state index contributed by atoms with van der Waals surface area (Å²) in [6, 6.07) is 2.25. The van der Waals surface area contributed by atoms with E-state index in [2.05, 4.69) is 60.1 Å². The Morgan fingerprint density at radius 2 is 1.90 bits per heavy atom. The van der Waals surface area contributed by atoms with Crippen LogP contribution in [0.5, 0.6) is 0 Å². The minimum absolute atomic E-state index is 0.249. The fourth-order valence-corrected chi connectivity index (χ4v) is 5.71. The predicted octanol–water partition coefficient (Wildman–Crippen LogP) is 6.89. The average Bonchev–Trinajstić information content (AvgIpc) is 3.33. The number of nitrogens with zero attached hydrogens (tertiary/aromatic N) is 3. The van der Waals surface area contributed by atoms with Gasteiger partial charge in [0.15, 0.2) is 24.9 Å². The van der Waals surface area contributed by atoms with Crippen LogP contribution in [-0.4, -0.2) is 36.2 Å². The molecular formula is C23H33ClN4O2Si. The molecule has 0 unspecified atom stereocenters. The molecule has 0 saturated heterocycles. The standard InChI is InChI=1S/C23H33ClN4O2Si/c1-23(2,3)31(5,6)30-17-9-7-16(8-10-17)28-14-15(12-27-28)19-13-26-22(25-4)21-18(19)11-20(24)29-21/h11-14,16-17H,7-10H2,1-6H3,(H,25,26)/t16-,17-. The van der Waals surface area contributed by atoms with Gasteiger partial charge >= 0.3 is 0 Å². The summed E-state index contributed by atoms with van der Waals surface area (Å²) in [6.45, 7) is 11.6. The van der Waals surface area contributed by atoms with Crippen LogP contribution in [0.3, 0.4) is 0 Å². The van der Waals surface area contributed by atoms with Gasteiger partial charge in [0.1, 0.15) is 0 Å². The molecule has 4 rings (SSSR count). The van der Waals surface area contributed by atoms with E-state index in [0.717, 1.165) is 42.2 Å². The highest BCUT2D eigenvalue weighted by molar-refractivity contribution is 6.74. The molecule has 6 nitrogen and oxygen atoms in total. The van der Waals surface area contributed by atoms with Gasteiger partial charge in [-0.3, -0.25) is 4.68 Å². The molecule has 0 aliphatic heterocycles. The van der Waals surface area contributed by atoms with Crippen molar-refractivity contribution in [1.29, 1.82) is 0 Å². The summed E-state index contributed by atoms with van der Waals surface area (Å²) in [5.41, 5.74) is 2.67. The van der Waals surface area contributed by atoms with E-state index in [4.69, 9.17) is 20.4 Å². The normalized spacial score (nSPS) is 20.4. The number of pyridine rings is 1. The third-order valence-corrected chi connectivity index (χ3v) is 11.7. The first-order valence-electron chi connectivity index (χ1n) is 11.1. The molecule has 0 spiro atoms. The molecule has 168 valence electrons. The summed E-state index contributed by atoms with van der Waals surface area (Å²) in [6.07, 6.45) is 10.6. The van der Waals surface area contributed by atoms with Crippen LogP contribution in [0.25, 0.3) is 22.1 Å². The molecule has 0 radical (unpaired) electrons. The minimum atomic E-state index is -1.72. The smallest absolute Gasteiger partial charge is 0.194 e. The number of fused-ring (bicyclic) bond motifs is 1. The van der Waals surface area contributed by atoms with Gasteiger partial charge in [-0.15, -0.1) is 0 Å². The number of furan rings is 1. The highest BCUT2D eigenvalue weighted by atomic mass is 35.5. The number of hydrogen-bond acceptors (Lipinski definition) is 5. The molecule has 8 heteroatoms. The molecule has 0 bridgehead atoms. The lowest BCUT2D eigenvalue weighted by Gasteiger charge is -2.41. The first-order valence-corrected chi connectivity index (χ1v) is 14.4. The van der Waals surface area contributed by atoms with Crippen molar-refractivity contribution in [3.8, 4) is 11.1 Å². The molecule has 3 aromatic heterocycles. The molecule has 0 aromatic carbocycles. The van der Waals surface area contributed by atoms with Crippen LogP contribution in [0.4, 0.5) is 5.82 Å². The summed E-state index contributed by atoms with van der Waals surface area (Å²) in [5.74, 6) is 0.679. The maximum Gasteiger partial charge on any atom is 0.194 e. The number of aromatic nitrogens is 3. The summed E-state index contributed by atoms with van der Waals surface area (Å²) >= 11 is 6.13. The Morgan fingerprint density at radius 3 is 2.55 bits per heavy atom. The molecular weight excluding hydrogens is 428 g/mol. The summed E-state index contributed by atoms with van der Waals surface area (Å²) in [5, 5.41) is 9.29. The van der Waals surface area contributed by atoms with E-state index in [1.165, 1.54) is 0 Å².